The third-order valence-electron chi connectivity index (χ3n) is 1.32. The fourth-order valence-corrected chi connectivity index (χ4v) is 0.784. The Morgan fingerprint density at radius 3 is 2.54 bits per heavy atom. The van der Waals surface area contributed by atoms with Crippen molar-refractivity contribution in [1.82, 2.24) is 0 Å². The van der Waals surface area contributed by atoms with Gasteiger partial charge in [0.15, 0.2) is 0 Å². The molecular weight excluding hydrogens is 195 g/mol. The molecule has 74 valence electrons. The number of benzene rings is 1. The van der Waals surface area contributed by atoms with Crippen molar-refractivity contribution >= 4 is 17.3 Å². The summed E-state index contributed by atoms with van der Waals surface area (Å²) in [4.78, 5) is 0. The molecule has 0 bridgehead atoms. The number of ether oxygens (including phenoxy) is 1. The largest absolute Gasteiger partial charge is 0.494 e. The summed E-state index contributed by atoms with van der Waals surface area (Å²) in [5.41, 5.74) is 2.95. The molecule has 0 aliphatic heterocycles. The molecule has 0 radical (unpaired) electrons. The molecule has 0 spiro atoms. The van der Waals surface area contributed by atoms with Crippen molar-refractivity contribution in [3.63, 3.8) is 0 Å². The Labute approximate surface area is 81.6 Å². The van der Waals surface area contributed by atoms with Crippen LogP contribution in [0.3, 0.4) is 0 Å². The second-order valence-electron chi connectivity index (χ2n) is 1.99. The van der Waals surface area contributed by atoms with Crippen LogP contribution >= 0.6 is 11.6 Å². The van der Waals surface area contributed by atoms with Crippen LogP contribution in [-0.2, 0) is 0 Å². The van der Waals surface area contributed by atoms with Crippen LogP contribution in [0.15, 0.2) is 18.2 Å². The van der Waals surface area contributed by atoms with Crippen LogP contribution in [0.1, 0.15) is 0 Å². The number of anilines is 1. The Bertz CT molecular complexity index is 258. The monoisotopic (exact) mass is 206 g/mol. The highest BCUT2D eigenvalue weighted by Gasteiger charge is 2.00. The molecule has 0 unspecified atom stereocenters. The molecule has 1 aromatic carbocycles. The maximum Gasteiger partial charge on any atom is 0.146 e. The Morgan fingerprint density at radius 1 is 1.46 bits per heavy atom. The molecule has 3 nitrogen and oxygen atoms in total. The summed E-state index contributed by atoms with van der Waals surface area (Å²) in [5, 5.41) is 0. The van der Waals surface area contributed by atoms with E-state index in [9.17, 15) is 4.39 Å². The highest BCUT2D eigenvalue weighted by Crippen LogP contribution is 2.23. The van der Waals surface area contributed by atoms with Crippen LogP contribution in [0.4, 0.5) is 10.1 Å². The van der Waals surface area contributed by atoms with E-state index in [1.165, 1.54) is 31.7 Å². The number of alkyl halides is 1. The topological polar surface area (TPSA) is 47.3 Å². The average Bonchev–Trinajstić information content (AvgIpc) is 2.20. The van der Waals surface area contributed by atoms with Gasteiger partial charge in [0.1, 0.15) is 11.6 Å². The fraction of sp³-hybridized carbons (Fsp3) is 0.250. The summed E-state index contributed by atoms with van der Waals surface area (Å²) in [6.45, 7) is 0. The van der Waals surface area contributed by atoms with E-state index in [0.29, 0.717) is 11.4 Å². The molecule has 0 heterocycles. The van der Waals surface area contributed by atoms with Crippen molar-refractivity contribution < 1.29 is 9.13 Å². The van der Waals surface area contributed by atoms with Gasteiger partial charge in [-0.1, -0.05) is 0 Å². The lowest BCUT2D eigenvalue weighted by atomic mass is 10.3. The molecule has 1 rings (SSSR count). The normalized spacial score (nSPS) is 8.38. The first kappa shape index (κ1) is 12.0. The molecule has 13 heavy (non-hydrogen) atoms. The quantitative estimate of drug-likeness (QED) is 0.442. The molecular formula is C8H12ClFN2O. The molecule has 1 aromatic rings. The van der Waals surface area contributed by atoms with Gasteiger partial charge in [0, 0.05) is 12.4 Å². The maximum absolute atomic E-state index is 12.5. The van der Waals surface area contributed by atoms with E-state index in [4.69, 9.17) is 10.6 Å². The molecule has 0 atom stereocenters. The van der Waals surface area contributed by atoms with Crippen molar-refractivity contribution in [3.8, 4) is 5.75 Å². The van der Waals surface area contributed by atoms with Crippen LogP contribution in [0, 0.1) is 5.82 Å². The summed E-state index contributed by atoms with van der Waals surface area (Å²) in [7, 11) is 1.45. The number of nitrogens with one attached hydrogen (secondary N) is 1. The maximum atomic E-state index is 12.5. The number of hydrazine groups is 1. The first-order valence-electron chi connectivity index (χ1n) is 3.46. The summed E-state index contributed by atoms with van der Waals surface area (Å²) in [6.07, 6.45) is 1.47. The predicted molar refractivity (Wildman–Crippen MR) is 52.5 cm³/mol. The number of hydrogen-bond donors (Lipinski definition) is 2. The minimum atomic E-state index is -0.346. The zero-order chi connectivity index (χ0) is 10.3. The second kappa shape index (κ2) is 6.51. The molecule has 0 aliphatic rings. The van der Waals surface area contributed by atoms with Crippen LogP contribution in [0.5, 0.6) is 5.75 Å². The van der Waals surface area contributed by atoms with Crippen LogP contribution in [-0.4, -0.2) is 13.5 Å². The van der Waals surface area contributed by atoms with E-state index in [2.05, 4.69) is 17.0 Å². The summed E-state index contributed by atoms with van der Waals surface area (Å²) >= 11 is 4.64. The summed E-state index contributed by atoms with van der Waals surface area (Å²) < 4.78 is 17.4. The van der Waals surface area contributed by atoms with E-state index in [1.807, 2.05) is 0 Å². The van der Waals surface area contributed by atoms with E-state index < -0.39 is 0 Å². The van der Waals surface area contributed by atoms with Crippen molar-refractivity contribution in [3.05, 3.63) is 24.0 Å². The lowest BCUT2D eigenvalue weighted by molar-refractivity contribution is 0.413. The SMILES string of the molecule is CCl.COc1cc(F)ccc1NN. The molecule has 0 amide bonds. The lowest BCUT2D eigenvalue weighted by Crippen LogP contribution is -2.08. The van der Waals surface area contributed by atoms with Gasteiger partial charge in [0.2, 0.25) is 0 Å². The first-order valence-corrected chi connectivity index (χ1v) is 4.21. The first-order chi connectivity index (χ1) is 6.27. The lowest BCUT2D eigenvalue weighted by Gasteiger charge is -2.06. The smallest absolute Gasteiger partial charge is 0.146 e. The fourth-order valence-electron chi connectivity index (χ4n) is 0.784. The molecule has 0 fully saturated rings. The Hall–Kier alpha value is -1.00. The highest BCUT2D eigenvalue weighted by atomic mass is 35.5. The number of hydrogen-bond acceptors (Lipinski definition) is 3. The van der Waals surface area contributed by atoms with Crippen molar-refractivity contribution in [1.29, 1.82) is 0 Å². The van der Waals surface area contributed by atoms with Gasteiger partial charge in [-0.25, -0.2) is 4.39 Å². The van der Waals surface area contributed by atoms with Gasteiger partial charge in [-0.15, -0.1) is 11.6 Å². The number of methoxy groups -OCH3 is 1. The number of rotatable bonds is 2. The molecule has 3 N–H and O–H groups in total. The van der Waals surface area contributed by atoms with Gasteiger partial charge < -0.3 is 10.2 Å². The Balaban J connectivity index is 0.000000671. The van der Waals surface area contributed by atoms with Crippen molar-refractivity contribution in [2.75, 3.05) is 18.9 Å². The standard InChI is InChI=1S/C7H9FN2O.CH3Cl/c1-11-7-4-5(8)2-3-6(7)10-9;1-2/h2-4,10H,9H2,1H3;1H3. The number of nitrogens with two attached hydrogens (primary N) is 1. The van der Waals surface area contributed by atoms with Gasteiger partial charge in [-0.2, -0.15) is 0 Å². The summed E-state index contributed by atoms with van der Waals surface area (Å²) in [6, 6.07) is 4.07. The van der Waals surface area contributed by atoms with Gasteiger partial charge in [-0.3, -0.25) is 5.84 Å². The number of halogens is 2. The van der Waals surface area contributed by atoms with Crippen molar-refractivity contribution in [2.24, 2.45) is 5.84 Å². The van der Waals surface area contributed by atoms with Gasteiger partial charge in [0.25, 0.3) is 0 Å². The van der Waals surface area contributed by atoms with Gasteiger partial charge in [0.05, 0.1) is 12.8 Å². The van der Waals surface area contributed by atoms with E-state index in [-0.39, 0.29) is 5.82 Å². The number of nitrogen functional groups attached to an aromatic ring is 1. The van der Waals surface area contributed by atoms with Crippen LogP contribution in [0.2, 0.25) is 0 Å². The zero-order valence-corrected chi connectivity index (χ0v) is 8.23. The highest BCUT2D eigenvalue weighted by molar-refractivity contribution is 6.15. The van der Waals surface area contributed by atoms with Crippen molar-refractivity contribution in [2.45, 2.75) is 0 Å². The predicted octanol–water partition coefficient (Wildman–Crippen LogP) is 1.97. The van der Waals surface area contributed by atoms with E-state index >= 15 is 0 Å². The molecule has 0 aliphatic carbocycles. The minimum absolute atomic E-state index is 0.346. The molecule has 5 heteroatoms. The third kappa shape index (κ3) is 3.48. The van der Waals surface area contributed by atoms with Crippen LogP contribution < -0.4 is 16.0 Å². The van der Waals surface area contributed by atoms with Crippen LogP contribution in [0.25, 0.3) is 0 Å². The van der Waals surface area contributed by atoms with Gasteiger partial charge >= 0.3 is 0 Å². The van der Waals surface area contributed by atoms with Gasteiger partial charge in [-0.05, 0) is 12.1 Å². The Kier molecular flexibility index (Phi) is 6.01. The van der Waals surface area contributed by atoms with E-state index in [1.54, 1.807) is 0 Å². The molecule has 0 saturated carbocycles. The second-order valence-corrected chi connectivity index (χ2v) is 1.99. The minimum Gasteiger partial charge on any atom is -0.494 e. The average molecular weight is 207 g/mol. The molecule has 0 aromatic heterocycles. The molecule has 0 saturated heterocycles. The third-order valence-corrected chi connectivity index (χ3v) is 1.32. The zero-order valence-electron chi connectivity index (χ0n) is 7.47. The Morgan fingerprint density at radius 2 is 2.08 bits per heavy atom. The summed E-state index contributed by atoms with van der Waals surface area (Å²) in [5.74, 6) is 5.17. The van der Waals surface area contributed by atoms with E-state index in [0.717, 1.165) is 0 Å².